The van der Waals surface area contributed by atoms with Crippen molar-refractivity contribution in [2.45, 2.75) is 11.2 Å². The number of nitrogens with zero attached hydrogens (tertiary/aromatic N) is 1. The number of halogens is 3. The van der Waals surface area contributed by atoms with E-state index < -0.39 is 11.7 Å². The summed E-state index contributed by atoms with van der Waals surface area (Å²) in [5.74, 6) is -0.200. The number of rotatable bonds is 4. The minimum absolute atomic E-state index is 0.0547. The van der Waals surface area contributed by atoms with Gasteiger partial charge >= 0.3 is 6.18 Å². The van der Waals surface area contributed by atoms with E-state index in [4.69, 9.17) is 0 Å². The molecule has 3 aromatic rings. The molecule has 0 aliphatic rings. The predicted octanol–water partition coefficient (Wildman–Crippen LogP) is 4.31. The summed E-state index contributed by atoms with van der Waals surface area (Å²) < 4.78 is 37.4. The van der Waals surface area contributed by atoms with E-state index in [9.17, 15) is 18.0 Å². The van der Waals surface area contributed by atoms with E-state index >= 15 is 0 Å². The molecule has 1 aromatic carbocycles. The fourth-order valence-electron chi connectivity index (χ4n) is 2.15. The fraction of sp³-hybridized carbons (Fsp3) is 0.125. The predicted molar refractivity (Wildman–Crippen MR) is 86.9 cm³/mol. The van der Waals surface area contributed by atoms with Crippen LogP contribution in [-0.4, -0.2) is 21.6 Å². The topological polar surface area (TPSA) is 57.8 Å². The zero-order valence-corrected chi connectivity index (χ0v) is 13.0. The summed E-state index contributed by atoms with van der Waals surface area (Å²) in [6.07, 6.45) is -1.87. The molecule has 3 rings (SSSR count). The van der Waals surface area contributed by atoms with Gasteiger partial charge in [-0.3, -0.25) is 4.79 Å². The molecule has 0 unspecified atom stereocenters. The van der Waals surface area contributed by atoms with Crippen molar-refractivity contribution in [3.63, 3.8) is 0 Å². The van der Waals surface area contributed by atoms with Crippen LogP contribution in [0.5, 0.6) is 0 Å². The van der Waals surface area contributed by atoms with Gasteiger partial charge in [-0.15, -0.1) is 0 Å². The van der Waals surface area contributed by atoms with Gasteiger partial charge in [0.2, 0.25) is 5.91 Å². The van der Waals surface area contributed by atoms with Gasteiger partial charge in [0.15, 0.2) is 0 Å². The number of carbonyl (C=O) groups excluding carboxylic acids is 1. The van der Waals surface area contributed by atoms with Crippen molar-refractivity contribution in [3.8, 4) is 0 Å². The summed E-state index contributed by atoms with van der Waals surface area (Å²) in [5.41, 5.74) is 0.778. The summed E-state index contributed by atoms with van der Waals surface area (Å²) in [4.78, 5) is 18.8. The maximum absolute atomic E-state index is 12.5. The number of hydrogen-bond acceptors (Lipinski definition) is 3. The van der Waals surface area contributed by atoms with Crippen molar-refractivity contribution >= 4 is 34.3 Å². The Balaban J connectivity index is 1.61. The molecule has 0 aliphatic carbocycles. The van der Waals surface area contributed by atoms with Gasteiger partial charge in [0, 0.05) is 23.3 Å². The first-order valence-electron chi connectivity index (χ1n) is 6.95. The third-order valence-corrected chi connectivity index (χ3v) is 4.23. The number of anilines is 1. The number of nitrogens with one attached hydrogen (secondary N) is 2. The molecule has 1 amide bonds. The second kappa shape index (κ2) is 6.56. The van der Waals surface area contributed by atoms with Crippen molar-refractivity contribution in [1.82, 2.24) is 9.97 Å². The van der Waals surface area contributed by atoms with Crippen LogP contribution in [-0.2, 0) is 11.0 Å². The SMILES string of the molecule is O=C(CSc1ccc(C(F)(F)F)cn1)Nc1cccc2[nH]ccc12. The van der Waals surface area contributed by atoms with Crippen LogP contribution >= 0.6 is 11.8 Å². The standard InChI is InChI=1S/C16H12F3N3OS/c17-16(18,19)10-4-5-15(21-8-10)24-9-14(23)22-13-3-1-2-12-11(13)6-7-20-12/h1-8,20H,9H2,(H,22,23). The van der Waals surface area contributed by atoms with Crippen LogP contribution in [0.1, 0.15) is 5.56 Å². The van der Waals surface area contributed by atoms with Crippen molar-refractivity contribution < 1.29 is 18.0 Å². The molecule has 2 aromatic heterocycles. The van der Waals surface area contributed by atoms with Crippen LogP contribution in [0.25, 0.3) is 10.9 Å². The lowest BCUT2D eigenvalue weighted by Gasteiger charge is -2.08. The number of H-pyrrole nitrogens is 1. The van der Waals surface area contributed by atoms with Crippen LogP contribution in [0.2, 0.25) is 0 Å². The number of carbonyl (C=O) groups is 1. The molecule has 0 bridgehead atoms. The first-order chi connectivity index (χ1) is 11.4. The summed E-state index contributed by atoms with van der Waals surface area (Å²) in [6, 6.07) is 9.57. The van der Waals surface area contributed by atoms with Crippen molar-refractivity contribution in [2.24, 2.45) is 0 Å². The van der Waals surface area contributed by atoms with Gasteiger partial charge in [0.05, 0.1) is 22.0 Å². The molecular formula is C16H12F3N3OS. The van der Waals surface area contributed by atoms with E-state index in [1.807, 2.05) is 18.2 Å². The van der Waals surface area contributed by atoms with Gasteiger partial charge in [0.25, 0.3) is 0 Å². The molecule has 124 valence electrons. The molecular weight excluding hydrogens is 339 g/mol. The zero-order valence-electron chi connectivity index (χ0n) is 12.2. The molecule has 4 nitrogen and oxygen atoms in total. The largest absolute Gasteiger partial charge is 0.417 e. The molecule has 0 fully saturated rings. The Morgan fingerprint density at radius 1 is 1.21 bits per heavy atom. The minimum Gasteiger partial charge on any atom is -0.361 e. The molecule has 0 atom stereocenters. The molecule has 0 aliphatic heterocycles. The van der Waals surface area contributed by atoms with E-state index in [0.29, 0.717) is 10.7 Å². The Bertz CT molecular complexity index is 859. The molecule has 0 saturated carbocycles. The van der Waals surface area contributed by atoms with Crippen molar-refractivity contribution in [3.05, 3.63) is 54.4 Å². The normalized spacial score (nSPS) is 11.6. The zero-order chi connectivity index (χ0) is 17.2. The van der Waals surface area contributed by atoms with Gasteiger partial charge in [0.1, 0.15) is 0 Å². The van der Waals surface area contributed by atoms with E-state index in [1.54, 1.807) is 12.3 Å². The number of pyridine rings is 1. The van der Waals surface area contributed by atoms with Crippen LogP contribution in [0.3, 0.4) is 0 Å². The quantitative estimate of drug-likeness (QED) is 0.689. The van der Waals surface area contributed by atoms with Gasteiger partial charge in [-0.1, -0.05) is 17.8 Å². The number of thioether (sulfide) groups is 1. The molecule has 0 radical (unpaired) electrons. The summed E-state index contributed by atoms with van der Waals surface area (Å²) >= 11 is 1.08. The van der Waals surface area contributed by atoms with E-state index in [0.717, 1.165) is 34.9 Å². The lowest BCUT2D eigenvalue weighted by atomic mass is 10.2. The summed E-state index contributed by atoms with van der Waals surface area (Å²) in [6.45, 7) is 0. The monoisotopic (exact) mass is 351 g/mol. The number of fused-ring (bicyclic) bond motifs is 1. The van der Waals surface area contributed by atoms with E-state index in [-0.39, 0.29) is 11.7 Å². The maximum atomic E-state index is 12.5. The second-order valence-electron chi connectivity index (χ2n) is 4.96. The van der Waals surface area contributed by atoms with Gasteiger partial charge in [-0.25, -0.2) is 4.98 Å². The summed E-state index contributed by atoms with van der Waals surface area (Å²) in [5, 5.41) is 4.04. The fourth-order valence-corrected chi connectivity index (χ4v) is 2.80. The van der Waals surface area contributed by atoms with Crippen LogP contribution < -0.4 is 5.32 Å². The van der Waals surface area contributed by atoms with Gasteiger partial charge in [-0.2, -0.15) is 13.2 Å². The Labute approximate surface area is 139 Å². The van der Waals surface area contributed by atoms with Crippen molar-refractivity contribution in [2.75, 3.05) is 11.1 Å². The van der Waals surface area contributed by atoms with Crippen molar-refractivity contribution in [1.29, 1.82) is 0 Å². The molecule has 8 heteroatoms. The first-order valence-corrected chi connectivity index (χ1v) is 7.94. The average Bonchev–Trinajstić information content (AvgIpc) is 3.02. The molecule has 0 saturated heterocycles. The van der Waals surface area contributed by atoms with Crippen LogP contribution in [0, 0.1) is 0 Å². The highest BCUT2D eigenvalue weighted by Crippen LogP contribution is 2.29. The molecule has 0 spiro atoms. The average molecular weight is 351 g/mol. The number of hydrogen-bond donors (Lipinski definition) is 2. The number of amides is 1. The molecule has 24 heavy (non-hydrogen) atoms. The Morgan fingerprint density at radius 3 is 2.75 bits per heavy atom. The highest BCUT2D eigenvalue weighted by atomic mass is 32.2. The number of aromatic nitrogens is 2. The molecule has 2 heterocycles. The van der Waals surface area contributed by atoms with Gasteiger partial charge < -0.3 is 10.3 Å². The lowest BCUT2D eigenvalue weighted by Crippen LogP contribution is -2.14. The number of benzene rings is 1. The first kappa shape index (κ1) is 16.4. The molecule has 2 N–H and O–H groups in total. The van der Waals surface area contributed by atoms with Crippen LogP contribution in [0.4, 0.5) is 18.9 Å². The highest BCUT2D eigenvalue weighted by Gasteiger charge is 2.30. The smallest absolute Gasteiger partial charge is 0.361 e. The van der Waals surface area contributed by atoms with Gasteiger partial charge in [-0.05, 0) is 30.3 Å². The Hall–Kier alpha value is -2.48. The number of aromatic amines is 1. The van der Waals surface area contributed by atoms with E-state index in [2.05, 4.69) is 15.3 Å². The maximum Gasteiger partial charge on any atom is 0.417 e. The third kappa shape index (κ3) is 3.70. The Kier molecular flexibility index (Phi) is 4.48. The summed E-state index contributed by atoms with van der Waals surface area (Å²) in [7, 11) is 0. The highest BCUT2D eigenvalue weighted by molar-refractivity contribution is 7.99. The lowest BCUT2D eigenvalue weighted by molar-refractivity contribution is -0.137. The second-order valence-corrected chi connectivity index (χ2v) is 5.96. The van der Waals surface area contributed by atoms with E-state index in [1.165, 1.54) is 6.07 Å². The minimum atomic E-state index is -4.41. The van der Waals surface area contributed by atoms with Crippen LogP contribution in [0.15, 0.2) is 53.8 Å². The number of alkyl halides is 3. The Morgan fingerprint density at radius 2 is 2.04 bits per heavy atom. The third-order valence-electron chi connectivity index (χ3n) is 3.28.